The average molecular weight is 306 g/mol. The monoisotopic (exact) mass is 306 g/mol. The molecule has 5 heteroatoms. The van der Waals surface area contributed by atoms with E-state index in [1.807, 2.05) is 49.5 Å². The Hall–Kier alpha value is -1.43. The van der Waals surface area contributed by atoms with Gasteiger partial charge in [-0.3, -0.25) is 0 Å². The van der Waals surface area contributed by atoms with Crippen molar-refractivity contribution in [2.45, 2.75) is 19.4 Å². The van der Waals surface area contributed by atoms with Gasteiger partial charge in [0.2, 0.25) is 10.0 Å². The molecule has 21 heavy (non-hydrogen) atoms. The normalized spacial score (nSPS) is 11.9. The van der Waals surface area contributed by atoms with Crippen molar-refractivity contribution < 1.29 is 8.42 Å². The molecule has 0 saturated carbocycles. The van der Waals surface area contributed by atoms with Crippen LogP contribution in [0, 0.1) is 0 Å². The number of fused-ring (bicyclic) bond motifs is 1. The fourth-order valence-corrected chi connectivity index (χ4v) is 3.40. The Bertz CT molecular complexity index is 678. The lowest BCUT2D eigenvalue weighted by molar-refractivity contribution is 0.575. The van der Waals surface area contributed by atoms with Gasteiger partial charge in [0.25, 0.3) is 0 Å². The molecule has 0 fully saturated rings. The molecule has 2 rings (SSSR count). The van der Waals surface area contributed by atoms with E-state index in [1.54, 1.807) is 0 Å². The second-order valence-corrected chi connectivity index (χ2v) is 7.02. The molecule has 4 nitrogen and oxygen atoms in total. The Balaban J connectivity index is 1.98. The van der Waals surface area contributed by atoms with Gasteiger partial charge in [-0.15, -0.1) is 0 Å². The number of hydrogen-bond acceptors (Lipinski definition) is 3. The van der Waals surface area contributed by atoms with Crippen LogP contribution in [-0.4, -0.2) is 27.8 Å². The number of rotatable bonds is 8. The lowest BCUT2D eigenvalue weighted by Gasteiger charge is -2.09. The number of hydrogen-bond donors (Lipinski definition) is 2. The molecule has 0 saturated heterocycles. The first kappa shape index (κ1) is 15.9. The second-order valence-electron chi connectivity index (χ2n) is 5.09. The van der Waals surface area contributed by atoms with Gasteiger partial charge in [0.05, 0.1) is 5.75 Å². The summed E-state index contributed by atoms with van der Waals surface area (Å²) in [4.78, 5) is 0. The summed E-state index contributed by atoms with van der Waals surface area (Å²) < 4.78 is 26.6. The largest absolute Gasteiger partial charge is 0.320 e. The smallest absolute Gasteiger partial charge is 0.211 e. The van der Waals surface area contributed by atoms with Crippen molar-refractivity contribution in [2.24, 2.45) is 0 Å². The van der Waals surface area contributed by atoms with Crippen molar-refractivity contribution in [3.63, 3.8) is 0 Å². The minimum Gasteiger partial charge on any atom is -0.320 e. The van der Waals surface area contributed by atoms with Crippen LogP contribution in [0.15, 0.2) is 42.5 Å². The van der Waals surface area contributed by atoms with Gasteiger partial charge in [-0.1, -0.05) is 42.5 Å². The Morgan fingerprint density at radius 3 is 2.57 bits per heavy atom. The van der Waals surface area contributed by atoms with Crippen molar-refractivity contribution in [1.29, 1.82) is 0 Å². The maximum atomic E-state index is 12.0. The summed E-state index contributed by atoms with van der Waals surface area (Å²) in [6.45, 7) is 1.19. The van der Waals surface area contributed by atoms with Crippen LogP contribution in [0.4, 0.5) is 0 Å². The lowest BCUT2D eigenvalue weighted by Crippen LogP contribution is -2.26. The minimum absolute atomic E-state index is 0.180. The standard InChI is InChI=1S/C16H22N2O2S/c1-17-11-4-5-12-21(19,20)18-13-15-9-6-8-14-7-2-3-10-16(14)15/h2-3,6-10,17-18H,4-5,11-13H2,1H3. The fraction of sp³-hybridized carbons (Fsp3) is 0.375. The predicted octanol–water partition coefficient (Wildman–Crippen LogP) is 2.26. The molecule has 0 unspecified atom stereocenters. The van der Waals surface area contributed by atoms with E-state index in [0.29, 0.717) is 13.0 Å². The molecule has 0 bridgehead atoms. The molecule has 0 radical (unpaired) electrons. The van der Waals surface area contributed by atoms with Gasteiger partial charge in [-0.2, -0.15) is 0 Å². The van der Waals surface area contributed by atoms with E-state index >= 15 is 0 Å². The molecule has 0 aliphatic rings. The van der Waals surface area contributed by atoms with Crippen LogP contribution in [0.3, 0.4) is 0 Å². The van der Waals surface area contributed by atoms with E-state index in [-0.39, 0.29) is 5.75 Å². The molecule has 114 valence electrons. The van der Waals surface area contributed by atoms with Crippen LogP contribution < -0.4 is 10.0 Å². The van der Waals surface area contributed by atoms with Gasteiger partial charge >= 0.3 is 0 Å². The zero-order valence-electron chi connectivity index (χ0n) is 12.3. The third kappa shape index (κ3) is 4.81. The molecule has 0 aliphatic heterocycles. The SMILES string of the molecule is CNCCCCS(=O)(=O)NCc1cccc2ccccc12. The van der Waals surface area contributed by atoms with Crippen LogP contribution in [0.1, 0.15) is 18.4 Å². The Morgan fingerprint density at radius 1 is 1.00 bits per heavy atom. The highest BCUT2D eigenvalue weighted by Crippen LogP contribution is 2.18. The van der Waals surface area contributed by atoms with Gasteiger partial charge in [0.15, 0.2) is 0 Å². The summed E-state index contributed by atoms with van der Waals surface area (Å²) in [5.74, 6) is 0.180. The predicted molar refractivity (Wildman–Crippen MR) is 87.7 cm³/mol. The van der Waals surface area contributed by atoms with Crippen LogP contribution in [-0.2, 0) is 16.6 Å². The molecule has 0 aromatic heterocycles. The van der Waals surface area contributed by atoms with Gasteiger partial charge in [0.1, 0.15) is 0 Å². The third-order valence-electron chi connectivity index (χ3n) is 3.45. The average Bonchev–Trinajstić information content (AvgIpc) is 2.50. The second kappa shape index (κ2) is 7.54. The number of unbranched alkanes of at least 4 members (excludes halogenated alkanes) is 1. The van der Waals surface area contributed by atoms with Crippen LogP contribution in [0.5, 0.6) is 0 Å². The summed E-state index contributed by atoms with van der Waals surface area (Å²) in [5, 5.41) is 5.24. The fourth-order valence-electron chi connectivity index (χ4n) is 2.30. The van der Waals surface area contributed by atoms with E-state index in [2.05, 4.69) is 10.0 Å². The van der Waals surface area contributed by atoms with E-state index in [0.717, 1.165) is 29.3 Å². The molecular weight excluding hydrogens is 284 g/mol. The van der Waals surface area contributed by atoms with Gasteiger partial charge < -0.3 is 5.32 Å². The van der Waals surface area contributed by atoms with Crippen molar-refractivity contribution >= 4 is 20.8 Å². The van der Waals surface area contributed by atoms with E-state index in [9.17, 15) is 8.42 Å². The molecular formula is C16H22N2O2S. The molecule has 0 atom stereocenters. The van der Waals surface area contributed by atoms with E-state index in [1.165, 1.54) is 0 Å². The molecule has 0 aliphatic carbocycles. The van der Waals surface area contributed by atoms with Crippen LogP contribution in [0.2, 0.25) is 0 Å². The topological polar surface area (TPSA) is 58.2 Å². The van der Waals surface area contributed by atoms with Gasteiger partial charge in [-0.05, 0) is 42.8 Å². The van der Waals surface area contributed by atoms with Crippen LogP contribution >= 0.6 is 0 Å². The number of nitrogens with one attached hydrogen (secondary N) is 2. The third-order valence-corrected chi connectivity index (χ3v) is 4.86. The van der Waals surface area contributed by atoms with Crippen molar-refractivity contribution in [1.82, 2.24) is 10.0 Å². The number of benzene rings is 2. The lowest BCUT2D eigenvalue weighted by atomic mass is 10.1. The van der Waals surface area contributed by atoms with Gasteiger partial charge in [-0.25, -0.2) is 13.1 Å². The summed E-state index contributed by atoms with van der Waals surface area (Å²) in [5.41, 5.74) is 1.01. The Morgan fingerprint density at radius 2 is 1.76 bits per heavy atom. The molecule has 0 spiro atoms. The van der Waals surface area contributed by atoms with Gasteiger partial charge in [0, 0.05) is 6.54 Å². The maximum Gasteiger partial charge on any atom is 0.211 e. The first-order valence-electron chi connectivity index (χ1n) is 7.21. The highest BCUT2D eigenvalue weighted by atomic mass is 32.2. The molecule has 2 aromatic carbocycles. The zero-order chi connectivity index (χ0) is 15.1. The number of sulfonamides is 1. The molecule has 0 heterocycles. The summed E-state index contributed by atoms with van der Waals surface area (Å²) in [6.07, 6.45) is 1.54. The quantitative estimate of drug-likeness (QED) is 0.736. The van der Waals surface area contributed by atoms with Crippen molar-refractivity contribution in [3.05, 3.63) is 48.0 Å². The van der Waals surface area contributed by atoms with Crippen LogP contribution in [0.25, 0.3) is 10.8 Å². The molecule has 2 aromatic rings. The molecule has 0 amide bonds. The Kier molecular flexibility index (Phi) is 5.73. The van der Waals surface area contributed by atoms with E-state index in [4.69, 9.17) is 0 Å². The highest BCUT2D eigenvalue weighted by Gasteiger charge is 2.10. The van der Waals surface area contributed by atoms with Crippen molar-refractivity contribution in [3.8, 4) is 0 Å². The Labute approximate surface area is 126 Å². The highest BCUT2D eigenvalue weighted by molar-refractivity contribution is 7.89. The summed E-state index contributed by atoms with van der Waals surface area (Å²) in [7, 11) is -1.34. The minimum atomic E-state index is -3.21. The summed E-state index contributed by atoms with van der Waals surface area (Å²) in [6, 6.07) is 14.0. The maximum absolute atomic E-state index is 12.0. The first-order valence-corrected chi connectivity index (χ1v) is 8.86. The van der Waals surface area contributed by atoms with Crippen molar-refractivity contribution in [2.75, 3.05) is 19.3 Å². The first-order chi connectivity index (χ1) is 10.1. The summed E-state index contributed by atoms with van der Waals surface area (Å²) >= 11 is 0. The van der Waals surface area contributed by atoms with E-state index < -0.39 is 10.0 Å². The molecule has 2 N–H and O–H groups in total. The zero-order valence-corrected chi connectivity index (χ0v) is 13.1.